The normalized spacial score (nSPS) is 11.6. The summed E-state index contributed by atoms with van der Waals surface area (Å²) < 4.78 is 5.65. The molecule has 0 atom stereocenters. The summed E-state index contributed by atoms with van der Waals surface area (Å²) in [5, 5.41) is 14.0. The minimum absolute atomic E-state index is 0.501. The van der Waals surface area contributed by atoms with Crippen LogP contribution in [0.1, 0.15) is 12.5 Å². The molecule has 0 saturated carbocycles. The Kier molecular flexibility index (Phi) is 3.97. The fourth-order valence-electron chi connectivity index (χ4n) is 1.83. The molecule has 18 heavy (non-hydrogen) atoms. The Morgan fingerprint density at radius 1 is 1.22 bits per heavy atom. The van der Waals surface area contributed by atoms with E-state index in [4.69, 9.17) is 9.94 Å². The number of oxime groups is 1. The number of benzene rings is 2. The van der Waals surface area contributed by atoms with Crippen LogP contribution in [0.3, 0.4) is 0 Å². The largest absolute Gasteiger partial charge is 0.489 e. The van der Waals surface area contributed by atoms with E-state index in [0.717, 1.165) is 16.3 Å². The average molecular weight is 241 g/mol. The molecular weight excluding hydrogens is 226 g/mol. The van der Waals surface area contributed by atoms with Crippen LogP contribution >= 0.6 is 0 Å². The Morgan fingerprint density at radius 3 is 2.83 bits per heavy atom. The molecule has 0 saturated heterocycles. The van der Waals surface area contributed by atoms with Gasteiger partial charge in [-0.15, -0.1) is 0 Å². The first-order valence-electron chi connectivity index (χ1n) is 5.80. The van der Waals surface area contributed by atoms with Crippen LogP contribution in [0.25, 0.3) is 10.8 Å². The van der Waals surface area contributed by atoms with E-state index in [1.165, 1.54) is 6.21 Å². The molecule has 3 heteroatoms. The van der Waals surface area contributed by atoms with Gasteiger partial charge in [-0.05, 0) is 23.8 Å². The van der Waals surface area contributed by atoms with Gasteiger partial charge in [-0.3, -0.25) is 0 Å². The highest BCUT2D eigenvalue weighted by Gasteiger charge is 2.06. The maximum Gasteiger partial charge on any atom is 0.129 e. The highest BCUT2D eigenvalue weighted by atomic mass is 16.5. The van der Waals surface area contributed by atoms with Gasteiger partial charge in [0.15, 0.2) is 0 Å². The van der Waals surface area contributed by atoms with Gasteiger partial charge in [-0.25, -0.2) is 0 Å². The standard InChI is InChI=1S/C15H15NO2/c1-2-3-10-18-15-9-8-12-6-4-5-7-13(12)14(15)11-16-17/h2-9,11,17H,10H2,1H3/b3-2-,16-11+. The monoisotopic (exact) mass is 241 g/mol. The zero-order chi connectivity index (χ0) is 12.8. The molecule has 0 aliphatic rings. The second-order valence-electron chi connectivity index (χ2n) is 3.82. The van der Waals surface area contributed by atoms with Gasteiger partial charge in [0.2, 0.25) is 0 Å². The fraction of sp³-hybridized carbons (Fsp3) is 0.133. The molecule has 0 fully saturated rings. The van der Waals surface area contributed by atoms with E-state index in [2.05, 4.69) is 5.16 Å². The van der Waals surface area contributed by atoms with E-state index in [1.807, 2.05) is 55.5 Å². The molecule has 0 heterocycles. The summed E-state index contributed by atoms with van der Waals surface area (Å²) in [4.78, 5) is 0. The molecule has 0 unspecified atom stereocenters. The highest BCUT2D eigenvalue weighted by molar-refractivity contribution is 6.02. The third kappa shape index (κ3) is 2.51. The molecule has 0 radical (unpaired) electrons. The number of ether oxygens (including phenoxy) is 1. The summed E-state index contributed by atoms with van der Waals surface area (Å²) in [6, 6.07) is 11.8. The molecule has 2 aromatic carbocycles. The topological polar surface area (TPSA) is 41.8 Å². The van der Waals surface area contributed by atoms with Gasteiger partial charge in [0.25, 0.3) is 0 Å². The summed E-state index contributed by atoms with van der Waals surface area (Å²) in [6.07, 6.45) is 5.27. The number of allylic oxidation sites excluding steroid dienone is 1. The predicted octanol–water partition coefficient (Wildman–Crippen LogP) is 3.60. The molecule has 92 valence electrons. The second kappa shape index (κ2) is 5.87. The lowest BCUT2D eigenvalue weighted by molar-refractivity contribution is 0.321. The Morgan fingerprint density at radius 2 is 2.06 bits per heavy atom. The minimum Gasteiger partial charge on any atom is -0.489 e. The molecule has 1 N–H and O–H groups in total. The van der Waals surface area contributed by atoms with Crippen molar-refractivity contribution in [3.63, 3.8) is 0 Å². The van der Waals surface area contributed by atoms with E-state index in [-0.39, 0.29) is 0 Å². The van der Waals surface area contributed by atoms with Crippen molar-refractivity contribution in [2.24, 2.45) is 5.16 Å². The van der Waals surface area contributed by atoms with Crippen molar-refractivity contribution in [1.29, 1.82) is 0 Å². The van der Waals surface area contributed by atoms with Gasteiger partial charge in [0.05, 0.1) is 6.21 Å². The van der Waals surface area contributed by atoms with Gasteiger partial charge >= 0.3 is 0 Å². The summed E-state index contributed by atoms with van der Waals surface area (Å²) in [5.41, 5.74) is 0.792. The lowest BCUT2D eigenvalue weighted by Crippen LogP contribution is -1.98. The lowest BCUT2D eigenvalue weighted by atomic mass is 10.0. The molecule has 0 spiro atoms. The predicted molar refractivity (Wildman–Crippen MR) is 73.6 cm³/mol. The van der Waals surface area contributed by atoms with Crippen molar-refractivity contribution in [2.45, 2.75) is 6.92 Å². The van der Waals surface area contributed by atoms with Gasteiger partial charge in [0, 0.05) is 5.56 Å². The first kappa shape index (κ1) is 12.2. The lowest BCUT2D eigenvalue weighted by Gasteiger charge is -2.09. The Bertz CT molecular complexity index is 588. The Hall–Kier alpha value is -2.29. The Labute approximate surface area is 106 Å². The van der Waals surface area contributed by atoms with Crippen molar-refractivity contribution in [3.05, 3.63) is 54.1 Å². The maximum atomic E-state index is 8.78. The zero-order valence-electron chi connectivity index (χ0n) is 10.2. The zero-order valence-corrected chi connectivity index (χ0v) is 10.2. The van der Waals surface area contributed by atoms with E-state index in [0.29, 0.717) is 12.4 Å². The molecule has 0 aliphatic carbocycles. The average Bonchev–Trinajstić information content (AvgIpc) is 2.41. The summed E-state index contributed by atoms with van der Waals surface area (Å²) in [7, 11) is 0. The van der Waals surface area contributed by atoms with Crippen molar-refractivity contribution >= 4 is 17.0 Å². The quantitative estimate of drug-likeness (QED) is 0.384. The van der Waals surface area contributed by atoms with Crippen LogP contribution in [0.4, 0.5) is 0 Å². The number of nitrogens with zero attached hydrogens (tertiary/aromatic N) is 1. The number of hydrogen-bond acceptors (Lipinski definition) is 3. The third-order valence-electron chi connectivity index (χ3n) is 2.69. The van der Waals surface area contributed by atoms with Crippen molar-refractivity contribution in [2.75, 3.05) is 6.61 Å². The second-order valence-corrected chi connectivity index (χ2v) is 3.82. The van der Waals surface area contributed by atoms with Crippen LogP contribution < -0.4 is 4.74 Å². The fourth-order valence-corrected chi connectivity index (χ4v) is 1.83. The first-order valence-corrected chi connectivity index (χ1v) is 5.80. The summed E-state index contributed by atoms with van der Waals surface area (Å²) in [6.45, 7) is 2.45. The first-order chi connectivity index (χ1) is 8.86. The van der Waals surface area contributed by atoms with Gasteiger partial charge in [0.1, 0.15) is 12.4 Å². The van der Waals surface area contributed by atoms with E-state index in [9.17, 15) is 0 Å². The summed E-state index contributed by atoms with van der Waals surface area (Å²) in [5.74, 6) is 0.713. The van der Waals surface area contributed by atoms with E-state index >= 15 is 0 Å². The van der Waals surface area contributed by atoms with Crippen LogP contribution in [0.15, 0.2) is 53.7 Å². The molecule has 0 bridgehead atoms. The molecule has 0 aromatic heterocycles. The molecule has 0 amide bonds. The smallest absolute Gasteiger partial charge is 0.129 e. The molecule has 2 rings (SSSR count). The van der Waals surface area contributed by atoms with Gasteiger partial charge in [-0.1, -0.05) is 47.6 Å². The highest BCUT2D eigenvalue weighted by Crippen LogP contribution is 2.26. The van der Waals surface area contributed by atoms with Crippen LogP contribution in [-0.4, -0.2) is 18.0 Å². The number of hydrogen-bond donors (Lipinski definition) is 1. The van der Waals surface area contributed by atoms with Gasteiger partial charge < -0.3 is 9.94 Å². The van der Waals surface area contributed by atoms with E-state index < -0.39 is 0 Å². The van der Waals surface area contributed by atoms with Crippen LogP contribution in [-0.2, 0) is 0 Å². The number of rotatable bonds is 4. The maximum absolute atomic E-state index is 8.78. The number of fused-ring (bicyclic) bond motifs is 1. The Balaban J connectivity index is 2.48. The molecule has 0 aliphatic heterocycles. The third-order valence-corrected chi connectivity index (χ3v) is 2.69. The van der Waals surface area contributed by atoms with Crippen LogP contribution in [0.2, 0.25) is 0 Å². The molecule has 2 aromatic rings. The van der Waals surface area contributed by atoms with Crippen LogP contribution in [0.5, 0.6) is 5.75 Å². The van der Waals surface area contributed by atoms with Crippen molar-refractivity contribution < 1.29 is 9.94 Å². The molecular formula is C15H15NO2. The SMILES string of the molecule is C/C=C\COc1ccc2ccccc2c1/C=N/O. The van der Waals surface area contributed by atoms with Crippen LogP contribution in [0, 0.1) is 0 Å². The minimum atomic E-state index is 0.501. The van der Waals surface area contributed by atoms with Crippen molar-refractivity contribution in [3.8, 4) is 5.75 Å². The summed E-state index contributed by atoms with van der Waals surface area (Å²) >= 11 is 0. The van der Waals surface area contributed by atoms with E-state index in [1.54, 1.807) is 0 Å². The van der Waals surface area contributed by atoms with Crippen molar-refractivity contribution in [1.82, 2.24) is 0 Å². The van der Waals surface area contributed by atoms with Gasteiger partial charge in [-0.2, -0.15) is 0 Å². The molecule has 3 nitrogen and oxygen atoms in total.